The molecule has 0 aliphatic heterocycles. The fourth-order valence-electron chi connectivity index (χ4n) is 1.67. The second kappa shape index (κ2) is 7.32. The van der Waals surface area contributed by atoms with Crippen molar-refractivity contribution in [3.63, 3.8) is 0 Å². The van der Waals surface area contributed by atoms with Crippen LogP contribution in [-0.2, 0) is 16.7 Å². The van der Waals surface area contributed by atoms with Gasteiger partial charge in [-0.3, -0.25) is 4.55 Å². The summed E-state index contributed by atoms with van der Waals surface area (Å²) in [6.07, 6.45) is 0. The van der Waals surface area contributed by atoms with Gasteiger partial charge in [-0.05, 0) is 17.7 Å². The Kier molecular flexibility index (Phi) is 6.05. The van der Waals surface area contributed by atoms with Crippen LogP contribution in [0.3, 0.4) is 0 Å². The zero-order valence-electron chi connectivity index (χ0n) is 11.7. The van der Waals surface area contributed by atoms with E-state index < -0.39 is 10.1 Å². The van der Waals surface area contributed by atoms with Crippen LogP contribution in [0, 0.1) is 0 Å². The normalized spacial score (nSPS) is 11.2. The van der Waals surface area contributed by atoms with Gasteiger partial charge in [0.2, 0.25) is 5.75 Å². The smallest absolute Gasteiger partial charge is 0.266 e. The van der Waals surface area contributed by atoms with Crippen LogP contribution >= 0.6 is 0 Å². The van der Waals surface area contributed by atoms with Gasteiger partial charge in [-0.1, -0.05) is 0 Å². The van der Waals surface area contributed by atoms with E-state index in [1.807, 2.05) is 0 Å². The summed E-state index contributed by atoms with van der Waals surface area (Å²) in [5.41, 5.74) is 0.842. The molecule has 1 aromatic rings. The molecule has 1 rings (SSSR count). The molecule has 0 aliphatic rings. The lowest BCUT2D eigenvalue weighted by Crippen LogP contribution is -2.22. The molecule has 0 radical (unpaired) electrons. The maximum Gasteiger partial charge on any atom is 0.266 e. The Labute approximate surface area is 118 Å². The molecule has 0 saturated heterocycles. The Bertz CT molecular complexity index is 518. The number of ether oxygens (including phenoxy) is 3. The van der Waals surface area contributed by atoms with E-state index in [0.29, 0.717) is 23.8 Å². The molecule has 0 spiro atoms. The number of hydrogen-bond donors (Lipinski definition) is 2. The third-order valence-electron chi connectivity index (χ3n) is 2.59. The van der Waals surface area contributed by atoms with Gasteiger partial charge < -0.3 is 19.5 Å². The number of methoxy groups -OCH3 is 3. The van der Waals surface area contributed by atoms with E-state index in [-0.39, 0.29) is 12.3 Å². The predicted molar refractivity (Wildman–Crippen MR) is 74.2 cm³/mol. The Balaban J connectivity index is 2.76. The van der Waals surface area contributed by atoms with E-state index >= 15 is 0 Å². The van der Waals surface area contributed by atoms with Crippen LogP contribution in [0.15, 0.2) is 12.1 Å². The highest BCUT2D eigenvalue weighted by atomic mass is 32.2. The summed E-state index contributed by atoms with van der Waals surface area (Å²) in [5, 5.41) is 2.91. The largest absolute Gasteiger partial charge is 0.493 e. The summed E-state index contributed by atoms with van der Waals surface area (Å²) < 4.78 is 45.4. The lowest BCUT2D eigenvalue weighted by atomic mass is 10.2. The topological polar surface area (TPSA) is 94.1 Å². The number of hydrogen-bond acceptors (Lipinski definition) is 6. The lowest BCUT2D eigenvalue weighted by molar-refractivity contribution is 0.323. The average molecular weight is 305 g/mol. The molecule has 1 aromatic carbocycles. The number of rotatable bonds is 8. The number of nitrogens with one attached hydrogen (secondary N) is 1. The van der Waals surface area contributed by atoms with Crippen LogP contribution in [0.5, 0.6) is 17.2 Å². The molecule has 0 fully saturated rings. The molecule has 0 saturated carbocycles. The minimum absolute atomic E-state index is 0.148. The van der Waals surface area contributed by atoms with E-state index in [4.69, 9.17) is 18.8 Å². The lowest BCUT2D eigenvalue weighted by Gasteiger charge is -2.14. The van der Waals surface area contributed by atoms with Gasteiger partial charge in [0.05, 0.1) is 27.1 Å². The van der Waals surface area contributed by atoms with Gasteiger partial charge in [0.25, 0.3) is 10.1 Å². The predicted octanol–water partition coefficient (Wildman–Crippen LogP) is 0.690. The molecule has 0 atom stereocenters. The molecule has 0 aromatic heterocycles. The molecule has 8 heteroatoms. The first kappa shape index (κ1) is 16.5. The highest BCUT2D eigenvalue weighted by molar-refractivity contribution is 7.85. The van der Waals surface area contributed by atoms with Crippen LogP contribution in [0.25, 0.3) is 0 Å². The van der Waals surface area contributed by atoms with Gasteiger partial charge in [0.15, 0.2) is 11.5 Å². The fourth-order valence-corrected chi connectivity index (χ4v) is 2.07. The monoisotopic (exact) mass is 305 g/mol. The fraction of sp³-hybridized carbons (Fsp3) is 0.500. The maximum absolute atomic E-state index is 10.6. The standard InChI is InChI=1S/C12H19NO6S/c1-17-10-6-9(7-11(18-2)12(10)19-3)8-13-4-5-20(14,15)16/h6-7,13H,4-5,8H2,1-3H3,(H,14,15,16). The number of benzene rings is 1. The van der Waals surface area contributed by atoms with E-state index in [1.54, 1.807) is 12.1 Å². The van der Waals surface area contributed by atoms with Crippen LogP contribution < -0.4 is 19.5 Å². The molecule has 0 unspecified atom stereocenters. The van der Waals surface area contributed by atoms with Crippen LogP contribution in [0.1, 0.15) is 5.56 Å². The summed E-state index contributed by atoms with van der Waals surface area (Å²) in [6.45, 7) is 0.557. The zero-order valence-corrected chi connectivity index (χ0v) is 12.5. The third kappa shape index (κ3) is 4.87. The minimum Gasteiger partial charge on any atom is -0.493 e. The van der Waals surface area contributed by atoms with Crippen LogP contribution in [0.2, 0.25) is 0 Å². The van der Waals surface area contributed by atoms with Crippen molar-refractivity contribution >= 4 is 10.1 Å². The second-order valence-corrected chi connectivity index (χ2v) is 5.57. The summed E-state index contributed by atoms with van der Waals surface area (Å²) in [4.78, 5) is 0. The second-order valence-electron chi connectivity index (χ2n) is 4.00. The van der Waals surface area contributed by atoms with E-state index in [1.165, 1.54) is 21.3 Å². The van der Waals surface area contributed by atoms with E-state index in [9.17, 15) is 8.42 Å². The summed E-state index contributed by atoms with van der Waals surface area (Å²) in [6, 6.07) is 3.53. The molecule has 7 nitrogen and oxygen atoms in total. The first-order chi connectivity index (χ1) is 9.41. The van der Waals surface area contributed by atoms with Gasteiger partial charge >= 0.3 is 0 Å². The van der Waals surface area contributed by atoms with Crippen molar-refractivity contribution in [1.82, 2.24) is 5.32 Å². The molecule has 0 aliphatic carbocycles. The summed E-state index contributed by atoms with van der Waals surface area (Å²) in [5.74, 6) is 1.21. The molecule has 0 heterocycles. The third-order valence-corrected chi connectivity index (χ3v) is 3.31. The molecule has 2 N–H and O–H groups in total. The Morgan fingerprint density at radius 3 is 2.05 bits per heavy atom. The molecule has 114 valence electrons. The first-order valence-corrected chi connectivity index (χ1v) is 7.47. The van der Waals surface area contributed by atoms with Crippen molar-refractivity contribution in [2.45, 2.75) is 6.54 Å². The highest BCUT2D eigenvalue weighted by Gasteiger charge is 2.13. The summed E-state index contributed by atoms with van der Waals surface area (Å²) in [7, 11) is 0.613. The highest BCUT2D eigenvalue weighted by Crippen LogP contribution is 2.38. The molecule has 20 heavy (non-hydrogen) atoms. The van der Waals surface area contributed by atoms with Crippen molar-refractivity contribution in [1.29, 1.82) is 0 Å². The molecule has 0 amide bonds. The minimum atomic E-state index is -3.95. The average Bonchev–Trinajstić information content (AvgIpc) is 2.41. The van der Waals surface area contributed by atoms with Crippen molar-refractivity contribution in [2.75, 3.05) is 33.6 Å². The molecule has 0 bridgehead atoms. The SMILES string of the molecule is COc1cc(CNCCS(=O)(=O)O)cc(OC)c1OC. The Morgan fingerprint density at radius 2 is 1.65 bits per heavy atom. The van der Waals surface area contributed by atoms with Crippen molar-refractivity contribution in [2.24, 2.45) is 0 Å². The Morgan fingerprint density at radius 1 is 1.10 bits per heavy atom. The van der Waals surface area contributed by atoms with Gasteiger partial charge in [-0.15, -0.1) is 0 Å². The van der Waals surface area contributed by atoms with Crippen LogP contribution in [-0.4, -0.2) is 46.6 Å². The molecular formula is C12H19NO6S. The maximum atomic E-state index is 10.6. The summed E-state index contributed by atoms with van der Waals surface area (Å²) >= 11 is 0. The van der Waals surface area contributed by atoms with Crippen LogP contribution in [0.4, 0.5) is 0 Å². The van der Waals surface area contributed by atoms with Gasteiger partial charge in [-0.2, -0.15) is 8.42 Å². The quantitative estimate of drug-likeness (QED) is 0.539. The molecular weight excluding hydrogens is 286 g/mol. The first-order valence-electron chi connectivity index (χ1n) is 5.86. The van der Waals surface area contributed by atoms with Gasteiger partial charge in [0, 0.05) is 13.1 Å². The van der Waals surface area contributed by atoms with Gasteiger partial charge in [0.1, 0.15) is 0 Å². The van der Waals surface area contributed by atoms with Crippen molar-refractivity contribution < 1.29 is 27.2 Å². The Hall–Kier alpha value is -1.51. The van der Waals surface area contributed by atoms with Crippen molar-refractivity contribution in [3.05, 3.63) is 17.7 Å². The van der Waals surface area contributed by atoms with Crippen molar-refractivity contribution in [3.8, 4) is 17.2 Å². The van der Waals surface area contributed by atoms with Gasteiger partial charge in [-0.25, -0.2) is 0 Å². The van der Waals surface area contributed by atoms with E-state index in [0.717, 1.165) is 5.56 Å². The van der Waals surface area contributed by atoms with E-state index in [2.05, 4.69) is 5.32 Å². The zero-order chi connectivity index (χ0) is 15.2.